The van der Waals surface area contributed by atoms with E-state index in [1.807, 2.05) is 0 Å². The van der Waals surface area contributed by atoms with Crippen LogP contribution in [0.3, 0.4) is 0 Å². The molecule has 0 radical (unpaired) electrons. The Balaban J connectivity index is 4.05. The van der Waals surface area contributed by atoms with Crippen LogP contribution in [0.4, 0.5) is 0 Å². The maximum atomic E-state index is 11.3. The molecular weight excluding hydrogens is 228 g/mol. The van der Waals surface area contributed by atoms with Crippen molar-refractivity contribution >= 4 is 5.97 Å². The first-order chi connectivity index (χ1) is 8.01. The predicted octanol–water partition coefficient (Wildman–Crippen LogP) is -1.04. The van der Waals surface area contributed by atoms with Crippen molar-refractivity contribution in [2.45, 2.75) is 32.0 Å². The van der Waals surface area contributed by atoms with Crippen molar-refractivity contribution in [1.29, 1.82) is 0 Å². The molecule has 0 aliphatic heterocycles. The monoisotopic (exact) mass is 248 g/mol. The van der Waals surface area contributed by atoms with E-state index in [9.17, 15) is 9.90 Å². The lowest BCUT2D eigenvalue weighted by atomic mass is 10.1. The third-order valence-electron chi connectivity index (χ3n) is 2.04. The minimum atomic E-state index is -1.09. The first-order valence-electron chi connectivity index (χ1n) is 5.44. The molecule has 0 aromatic rings. The third kappa shape index (κ3) is 7.87. The highest BCUT2D eigenvalue weighted by atomic mass is 16.5. The molecule has 0 aliphatic carbocycles. The van der Waals surface area contributed by atoms with Crippen molar-refractivity contribution in [3.05, 3.63) is 11.6 Å². The Morgan fingerprint density at radius 1 is 1.35 bits per heavy atom. The molecule has 0 aromatic carbocycles. The van der Waals surface area contributed by atoms with Gasteiger partial charge in [0.25, 0.3) is 0 Å². The van der Waals surface area contributed by atoms with E-state index in [4.69, 9.17) is 15.3 Å². The van der Waals surface area contributed by atoms with Gasteiger partial charge in [0.1, 0.15) is 12.7 Å². The zero-order valence-corrected chi connectivity index (χ0v) is 9.87. The summed E-state index contributed by atoms with van der Waals surface area (Å²) in [5.41, 5.74) is 0.223. The molecule has 17 heavy (non-hydrogen) atoms. The molecule has 0 bridgehead atoms. The Labute approximate surface area is 100 Å². The van der Waals surface area contributed by atoms with E-state index >= 15 is 0 Å². The normalized spacial score (nSPS) is 15.5. The zero-order chi connectivity index (χ0) is 13.3. The number of rotatable bonds is 8. The van der Waals surface area contributed by atoms with Gasteiger partial charge in [-0.3, -0.25) is 0 Å². The molecular formula is C11H20O6. The van der Waals surface area contributed by atoms with E-state index in [0.717, 1.165) is 0 Å². The number of hydrogen-bond acceptors (Lipinski definition) is 6. The Bertz CT molecular complexity index is 250. The third-order valence-corrected chi connectivity index (χ3v) is 2.04. The molecule has 0 saturated heterocycles. The Kier molecular flexibility index (Phi) is 8.61. The van der Waals surface area contributed by atoms with Crippen LogP contribution in [0.2, 0.25) is 0 Å². The van der Waals surface area contributed by atoms with E-state index in [1.54, 1.807) is 0 Å². The Morgan fingerprint density at radius 3 is 2.53 bits per heavy atom. The second kappa shape index (κ2) is 9.12. The second-order valence-electron chi connectivity index (χ2n) is 3.72. The van der Waals surface area contributed by atoms with Crippen LogP contribution in [0.25, 0.3) is 0 Å². The number of aliphatic hydroxyl groups excluding tert-OH is 4. The number of esters is 1. The fraction of sp³-hybridized carbons (Fsp3) is 0.727. The molecule has 0 saturated carbocycles. The number of carbonyl (C=O) groups is 1. The lowest BCUT2D eigenvalue weighted by molar-refractivity contribution is -0.142. The van der Waals surface area contributed by atoms with Crippen LogP contribution in [0.1, 0.15) is 19.8 Å². The summed E-state index contributed by atoms with van der Waals surface area (Å²) in [5, 5.41) is 35.5. The highest BCUT2D eigenvalue weighted by Gasteiger charge is 2.11. The van der Waals surface area contributed by atoms with Gasteiger partial charge in [-0.1, -0.05) is 0 Å². The van der Waals surface area contributed by atoms with Crippen molar-refractivity contribution in [2.24, 2.45) is 0 Å². The first-order valence-corrected chi connectivity index (χ1v) is 5.44. The second-order valence-corrected chi connectivity index (χ2v) is 3.72. The molecule has 6 nitrogen and oxygen atoms in total. The predicted molar refractivity (Wildman–Crippen MR) is 60.1 cm³/mol. The summed E-state index contributed by atoms with van der Waals surface area (Å²) in [6.45, 7) is 0.704. The molecule has 0 spiro atoms. The minimum Gasteiger partial charge on any atom is -0.459 e. The van der Waals surface area contributed by atoms with Gasteiger partial charge in [0.05, 0.1) is 12.7 Å². The van der Waals surface area contributed by atoms with Gasteiger partial charge in [-0.05, 0) is 25.8 Å². The van der Waals surface area contributed by atoms with E-state index in [1.165, 1.54) is 13.0 Å². The summed E-state index contributed by atoms with van der Waals surface area (Å²) in [6, 6.07) is 0. The van der Waals surface area contributed by atoms with Crippen LogP contribution in [0, 0.1) is 0 Å². The van der Waals surface area contributed by atoms with Gasteiger partial charge < -0.3 is 25.2 Å². The van der Waals surface area contributed by atoms with Gasteiger partial charge in [-0.25, -0.2) is 4.79 Å². The number of hydrogen-bond donors (Lipinski definition) is 4. The highest BCUT2D eigenvalue weighted by Crippen LogP contribution is 2.04. The molecule has 2 unspecified atom stereocenters. The fourth-order valence-electron chi connectivity index (χ4n) is 1.08. The van der Waals surface area contributed by atoms with Gasteiger partial charge in [0, 0.05) is 12.2 Å². The number of aliphatic hydroxyl groups is 4. The molecule has 0 heterocycles. The Morgan fingerprint density at radius 2 is 2.00 bits per heavy atom. The molecule has 6 heteroatoms. The van der Waals surface area contributed by atoms with Crippen molar-refractivity contribution in [3.8, 4) is 0 Å². The van der Waals surface area contributed by atoms with E-state index in [-0.39, 0.29) is 18.8 Å². The standard InChI is InChI=1S/C11H20O6/c1-8(5-9(14)3-2-4-12)11(16)17-7-10(15)6-13/h5,9-10,12-15H,2-4,6-7H2,1H3. The number of ether oxygens (including phenoxy) is 1. The van der Waals surface area contributed by atoms with Crippen molar-refractivity contribution in [1.82, 2.24) is 0 Å². The van der Waals surface area contributed by atoms with Crippen LogP contribution in [-0.2, 0) is 9.53 Å². The zero-order valence-electron chi connectivity index (χ0n) is 9.87. The molecule has 4 N–H and O–H groups in total. The quantitative estimate of drug-likeness (QED) is 0.323. The Hall–Kier alpha value is -0.950. The molecule has 0 amide bonds. The summed E-state index contributed by atoms with van der Waals surface area (Å²) in [7, 11) is 0. The van der Waals surface area contributed by atoms with Crippen LogP contribution in [0.15, 0.2) is 11.6 Å². The number of carbonyl (C=O) groups excluding carboxylic acids is 1. The summed E-state index contributed by atoms with van der Waals surface area (Å²) in [6.07, 6.45) is 0.246. The first kappa shape index (κ1) is 16.1. The van der Waals surface area contributed by atoms with Crippen LogP contribution >= 0.6 is 0 Å². The lowest BCUT2D eigenvalue weighted by Crippen LogP contribution is -2.22. The lowest BCUT2D eigenvalue weighted by Gasteiger charge is -2.10. The highest BCUT2D eigenvalue weighted by molar-refractivity contribution is 5.87. The minimum absolute atomic E-state index is 0.0168. The molecule has 0 aliphatic rings. The smallest absolute Gasteiger partial charge is 0.333 e. The summed E-state index contributed by atoms with van der Waals surface area (Å²) in [5.74, 6) is -0.652. The van der Waals surface area contributed by atoms with Crippen LogP contribution in [-0.4, -0.2) is 58.4 Å². The van der Waals surface area contributed by atoms with Crippen molar-refractivity contribution in [2.75, 3.05) is 19.8 Å². The average Bonchev–Trinajstić information content (AvgIpc) is 2.32. The fourth-order valence-corrected chi connectivity index (χ4v) is 1.08. The van der Waals surface area contributed by atoms with Gasteiger partial charge in [-0.15, -0.1) is 0 Å². The maximum absolute atomic E-state index is 11.3. The molecule has 0 fully saturated rings. The maximum Gasteiger partial charge on any atom is 0.333 e. The molecule has 0 aromatic heterocycles. The summed E-state index contributed by atoms with van der Waals surface area (Å²) >= 11 is 0. The SMILES string of the molecule is CC(=CC(O)CCCO)C(=O)OCC(O)CO. The molecule has 2 atom stereocenters. The van der Waals surface area contributed by atoms with Crippen LogP contribution in [0.5, 0.6) is 0 Å². The van der Waals surface area contributed by atoms with Crippen molar-refractivity contribution < 1.29 is 30.0 Å². The van der Waals surface area contributed by atoms with Gasteiger partial charge in [-0.2, -0.15) is 0 Å². The van der Waals surface area contributed by atoms with Gasteiger partial charge in [0.15, 0.2) is 0 Å². The van der Waals surface area contributed by atoms with Crippen molar-refractivity contribution in [3.63, 3.8) is 0 Å². The molecule has 100 valence electrons. The largest absolute Gasteiger partial charge is 0.459 e. The van der Waals surface area contributed by atoms with Gasteiger partial charge >= 0.3 is 5.97 Å². The summed E-state index contributed by atoms with van der Waals surface area (Å²) in [4.78, 5) is 11.3. The molecule has 0 rings (SSSR count). The van der Waals surface area contributed by atoms with E-state index in [2.05, 4.69) is 4.74 Å². The van der Waals surface area contributed by atoms with E-state index < -0.39 is 24.8 Å². The topological polar surface area (TPSA) is 107 Å². The average molecular weight is 248 g/mol. The van der Waals surface area contributed by atoms with E-state index in [0.29, 0.717) is 12.8 Å². The summed E-state index contributed by atoms with van der Waals surface area (Å²) < 4.78 is 4.68. The van der Waals surface area contributed by atoms with Crippen LogP contribution < -0.4 is 0 Å². The van der Waals surface area contributed by atoms with Gasteiger partial charge in [0.2, 0.25) is 0 Å².